The highest BCUT2D eigenvalue weighted by atomic mass is 32.2. The maximum atomic E-state index is 4.47. The number of thioether (sulfide) groups is 1. The van der Waals surface area contributed by atoms with Gasteiger partial charge < -0.3 is 10.6 Å². The third-order valence-electron chi connectivity index (χ3n) is 2.47. The summed E-state index contributed by atoms with van der Waals surface area (Å²) >= 11 is 1.74. The number of nitrogens with zero attached hydrogens (tertiary/aromatic N) is 1. The molecule has 3 nitrogen and oxygen atoms in total. The molecule has 0 atom stereocenters. The smallest absolute Gasteiger partial charge is 0.132 e. The zero-order valence-electron chi connectivity index (χ0n) is 10.6. The SMILES string of the molecule is CCNc1cccc(Nc2ccc(SC)cc2)n1. The first-order valence-corrected chi connectivity index (χ1v) is 7.16. The van der Waals surface area contributed by atoms with E-state index in [1.165, 1.54) is 4.90 Å². The van der Waals surface area contributed by atoms with Gasteiger partial charge in [0.1, 0.15) is 11.6 Å². The van der Waals surface area contributed by atoms with Crippen molar-refractivity contribution in [1.82, 2.24) is 4.98 Å². The van der Waals surface area contributed by atoms with Crippen LogP contribution in [0.15, 0.2) is 47.4 Å². The highest BCUT2D eigenvalue weighted by molar-refractivity contribution is 7.98. The fourth-order valence-electron chi connectivity index (χ4n) is 1.61. The van der Waals surface area contributed by atoms with Gasteiger partial charge in [-0.3, -0.25) is 0 Å². The summed E-state index contributed by atoms with van der Waals surface area (Å²) in [5, 5.41) is 6.49. The van der Waals surface area contributed by atoms with E-state index in [1.54, 1.807) is 11.8 Å². The molecule has 2 aromatic rings. The highest BCUT2D eigenvalue weighted by Gasteiger charge is 1.98. The summed E-state index contributed by atoms with van der Waals surface area (Å²) in [6.07, 6.45) is 2.07. The lowest BCUT2D eigenvalue weighted by atomic mass is 10.3. The molecule has 0 aliphatic carbocycles. The minimum absolute atomic E-state index is 0.852. The molecule has 0 fully saturated rings. The van der Waals surface area contributed by atoms with Crippen molar-refractivity contribution in [1.29, 1.82) is 0 Å². The van der Waals surface area contributed by atoms with Crippen LogP contribution in [0.3, 0.4) is 0 Å². The summed E-state index contributed by atoms with van der Waals surface area (Å²) in [5.41, 5.74) is 1.05. The van der Waals surface area contributed by atoms with E-state index in [-0.39, 0.29) is 0 Å². The Hall–Kier alpha value is -1.68. The largest absolute Gasteiger partial charge is 0.370 e. The first-order chi connectivity index (χ1) is 8.81. The Morgan fingerprint density at radius 3 is 2.44 bits per heavy atom. The van der Waals surface area contributed by atoms with E-state index in [0.717, 1.165) is 23.9 Å². The third-order valence-corrected chi connectivity index (χ3v) is 3.21. The molecular formula is C14H17N3S. The zero-order valence-corrected chi connectivity index (χ0v) is 11.4. The average molecular weight is 259 g/mol. The van der Waals surface area contributed by atoms with Crippen LogP contribution in [-0.4, -0.2) is 17.8 Å². The fourth-order valence-corrected chi connectivity index (χ4v) is 2.01. The minimum atomic E-state index is 0.852. The zero-order chi connectivity index (χ0) is 12.8. The molecule has 0 aliphatic rings. The standard InChI is InChI=1S/C14H17N3S/c1-3-15-13-5-4-6-14(17-13)16-11-7-9-12(18-2)10-8-11/h4-10H,3H2,1-2H3,(H2,15,16,17). The van der Waals surface area contributed by atoms with E-state index in [1.807, 2.05) is 18.2 Å². The van der Waals surface area contributed by atoms with Crippen molar-refractivity contribution in [3.05, 3.63) is 42.5 Å². The lowest BCUT2D eigenvalue weighted by Gasteiger charge is -2.08. The maximum Gasteiger partial charge on any atom is 0.132 e. The van der Waals surface area contributed by atoms with Gasteiger partial charge in [0.15, 0.2) is 0 Å². The van der Waals surface area contributed by atoms with Crippen LogP contribution in [0.2, 0.25) is 0 Å². The van der Waals surface area contributed by atoms with Crippen molar-refractivity contribution in [2.24, 2.45) is 0 Å². The average Bonchev–Trinajstić information content (AvgIpc) is 2.40. The topological polar surface area (TPSA) is 37.0 Å². The summed E-state index contributed by atoms with van der Waals surface area (Å²) in [5.74, 6) is 1.74. The van der Waals surface area contributed by atoms with Gasteiger partial charge in [0, 0.05) is 17.1 Å². The Morgan fingerprint density at radius 1 is 1.06 bits per heavy atom. The van der Waals surface area contributed by atoms with Crippen molar-refractivity contribution in [3.63, 3.8) is 0 Å². The first kappa shape index (κ1) is 12.8. The molecule has 94 valence electrons. The molecule has 0 bridgehead atoms. The normalized spacial score (nSPS) is 10.1. The van der Waals surface area contributed by atoms with Crippen LogP contribution < -0.4 is 10.6 Å². The van der Waals surface area contributed by atoms with Gasteiger partial charge in [-0.15, -0.1) is 11.8 Å². The summed E-state index contributed by atoms with van der Waals surface area (Å²) < 4.78 is 0. The Morgan fingerprint density at radius 2 is 1.78 bits per heavy atom. The second-order valence-corrected chi connectivity index (χ2v) is 4.67. The van der Waals surface area contributed by atoms with Gasteiger partial charge in [-0.1, -0.05) is 6.07 Å². The number of rotatable bonds is 5. The second kappa shape index (κ2) is 6.31. The van der Waals surface area contributed by atoms with Gasteiger partial charge in [0.2, 0.25) is 0 Å². The molecule has 18 heavy (non-hydrogen) atoms. The van der Waals surface area contributed by atoms with Crippen molar-refractivity contribution in [2.75, 3.05) is 23.4 Å². The molecule has 1 aromatic carbocycles. The van der Waals surface area contributed by atoms with E-state index < -0.39 is 0 Å². The monoisotopic (exact) mass is 259 g/mol. The summed E-state index contributed by atoms with van der Waals surface area (Å²) in [6.45, 7) is 2.93. The predicted molar refractivity (Wildman–Crippen MR) is 79.9 cm³/mol. The number of hydrogen-bond donors (Lipinski definition) is 2. The maximum absolute atomic E-state index is 4.47. The lowest BCUT2D eigenvalue weighted by Crippen LogP contribution is -2.01. The summed E-state index contributed by atoms with van der Waals surface area (Å²) in [7, 11) is 0. The molecule has 0 saturated heterocycles. The van der Waals surface area contributed by atoms with Gasteiger partial charge in [-0.2, -0.15) is 0 Å². The van der Waals surface area contributed by atoms with Gasteiger partial charge in [0.05, 0.1) is 0 Å². The number of hydrogen-bond acceptors (Lipinski definition) is 4. The lowest BCUT2D eigenvalue weighted by molar-refractivity contribution is 1.16. The minimum Gasteiger partial charge on any atom is -0.370 e. The Bertz CT molecular complexity index is 497. The predicted octanol–water partition coefficient (Wildman–Crippen LogP) is 3.98. The number of benzene rings is 1. The first-order valence-electron chi connectivity index (χ1n) is 5.94. The van der Waals surface area contributed by atoms with Crippen molar-refractivity contribution < 1.29 is 0 Å². The van der Waals surface area contributed by atoms with Gasteiger partial charge >= 0.3 is 0 Å². The quantitative estimate of drug-likeness (QED) is 0.796. The molecule has 4 heteroatoms. The van der Waals surface area contributed by atoms with Crippen LogP contribution in [0, 0.1) is 0 Å². The van der Waals surface area contributed by atoms with Crippen molar-refractivity contribution >= 4 is 29.1 Å². The molecule has 0 saturated carbocycles. The third kappa shape index (κ3) is 3.40. The van der Waals surface area contributed by atoms with E-state index in [9.17, 15) is 0 Å². The van der Waals surface area contributed by atoms with Crippen LogP contribution in [0.4, 0.5) is 17.3 Å². The Kier molecular flexibility index (Phi) is 4.47. The van der Waals surface area contributed by atoms with Crippen molar-refractivity contribution in [2.45, 2.75) is 11.8 Å². The van der Waals surface area contributed by atoms with Crippen LogP contribution >= 0.6 is 11.8 Å². The Balaban J connectivity index is 2.09. The van der Waals surface area contributed by atoms with Gasteiger partial charge in [0.25, 0.3) is 0 Å². The molecule has 0 amide bonds. The van der Waals surface area contributed by atoms with Gasteiger partial charge in [-0.25, -0.2) is 4.98 Å². The fraction of sp³-hybridized carbons (Fsp3) is 0.214. The number of anilines is 3. The second-order valence-electron chi connectivity index (χ2n) is 3.79. The molecule has 0 aliphatic heterocycles. The molecule has 0 radical (unpaired) electrons. The molecular weight excluding hydrogens is 242 g/mol. The summed E-state index contributed by atoms with van der Waals surface area (Å²) in [6, 6.07) is 14.2. The van der Waals surface area contributed by atoms with Crippen LogP contribution in [-0.2, 0) is 0 Å². The summed E-state index contributed by atoms with van der Waals surface area (Å²) in [4.78, 5) is 5.73. The Labute approximate surface area is 112 Å². The van der Waals surface area contributed by atoms with Crippen LogP contribution in [0.25, 0.3) is 0 Å². The van der Waals surface area contributed by atoms with Gasteiger partial charge in [-0.05, 0) is 49.6 Å². The molecule has 1 aromatic heterocycles. The van der Waals surface area contributed by atoms with Crippen molar-refractivity contribution in [3.8, 4) is 0 Å². The molecule has 0 unspecified atom stereocenters. The number of aromatic nitrogens is 1. The van der Waals surface area contributed by atoms with Crippen LogP contribution in [0.5, 0.6) is 0 Å². The molecule has 2 N–H and O–H groups in total. The van der Waals surface area contributed by atoms with Crippen LogP contribution in [0.1, 0.15) is 6.92 Å². The number of pyridine rings is 1. The number of nitrogens with one attached hydrogen (secondary N) is 2. The van der Waals surface area contributed by atoms with E-state index in [0.29, 0.717) is 0 Å². The van der Waals surface area contributed by atoms with E-state index >= 15 is 0 Å². The molecule has 2 rings (SSSR count). The van der Waals surface area contributed by atoms with E-state index in [4.69, 9.17) is 0 Å². The molecule has 1 heterocycles. The molecule has 0 spiro atoms. The van der Waals surface area contributed by atoms with E-state index in [2.05, 4.69) is 53.1 Å². The highest BCUT2D eigenvalue weighted by Crippen LogP contribution is 2.20.